The quantitative estimate of drug-likeness (QED) is 0.721. The molecule has 0 saturated heterocycles. The van der Waals surface area contributed by atoms with Crippen molar-refractivity contribution in [2.75, 3.05) is 7.05 Å². The maximum Gasteiger partial charge on any atom is 0.272 e. The van der Waals surface area contributed by atoms with Gasteiger partial charge in [-0.05, 0) is 37.5 Å². The second-order valence-corrected chi connectivity index (χ2v) is 9.27. The molecule has 2 N–H and O–H groups in total. The highest BCUT2D eigenvalue weighted by Gasteiger charge is 2.46. The highest BCUT2D eigenvalue weighted by Crippen LogP contribution is 2.27. The number of rotatable bonds is 5. The van der Waals surface area contributed by atoms with Crippen LogP contribution in [0.5, 0.6) is 0 Å². The van der Waals surface area contributed by atoms with E-state index in [0.29, 0.717) is 10.7 Å². The zero-order valence-corrected chi connectivity index (χ0v) is 19.1. The van der Waals surface area contributed by atoms with Crippen molar-refractivity contribution < 1.29 is 14.4 Å². The molecule has 3 amide bonds. The van der Waals surface area contributed by atoms with E-state index >= 15 is 0 Å². The molecular weight excluding hydrogens is 430 g/mol. The van der Waals surface area contributed by atoms with Crippen molar-refractivity contribution in [3.05, 3.63) is 52.3 Å². The Labute approximate surface area is 192 Å². The Bertz CT molecular complexity index is 1050. The van der Waals surface area contributed by atoms with Crippen molar-refractivity contribution in [2.45, 2.75) is 63.7 Å². The molecule has 1 saturated carbocycles. The Morgan fingerprint density at radius 3 is 2.69 bits per heavy atom. The van der Waals surface area contributed by atoms with E-state index in [2.05, 4.69) is 15.7 Å². The zero-order chi connectivity index (χ0) is 22.9. The average molecular weight is 458 g/mol. The SMILES string of the molecule is CN1C(=O)c2cc(C(=O)NCc3cccc(Cl)c3)nn2CC1(C)C(=O)NC1CCCCC1. The van der Waals surface area contributed by atoms with E-state index in [1.807, 2.05) is 12.1 Å². The van der Waals surface area contributed by atoms with Crippen LogP contribution < -0.4 is 10.6 Å². The van der Waals surface area contributed by atoms with Gasteiger partial charge in [0, 0.05) is 30.7 Å². The molecule has 8 nitrogen and oxygen atoms in total. The lowest BCUT2D eigenvalue weighted by Gasteiger charge is -2.41. The molecule has 1 atom stereocenters. The minimum absolute atomic E-state index is 0.140. The zero-order valence-electron chi connectivity index (χ0n) is 18.4. The van der Waals surface area contributed by atoms with Crippen LogP contribution in [0.3, 0.4) is 0 Å². The number of nitrogens with one attached hydrogen (secondary N) is 2. The van der Waals surface area contributed by atoms with Crippen LogP contribution in [-0.4, -0.2) is 51.0 Å². The number of hydrogen-bond donors (Lipinski definition) is 2. The summed E-state index contributed by atoms with van der Waals surface area (Å²) in [4.78, 5) is 40.3. The van der Waals surface area contributed by atoms with E-state index < -0.39 is 11.4 Å². The second kappa shape index (κ2) is 8.94. The number of hydrogen-bond acceptors (Lipinski definition) is 4. The molecule has 2 heterocycles. The Morgan fingerprint density at radius 2 is 1.97 bits per heavy atom. The fourth-order valence-electron chi connectivity index (χ4n) is 4.35. The number of carbonyl (C=O) groups excluding carboxylic acids is 3. The van der Waals surface area contributed by atoms with Gasteiger partial charge in [-0.1, -0.05) is 43.0 Å². The molecule has 1 unspecified atom stereocenters. The Morgan fingerprint density at radius 1 is 1.22 bits per heavy atom. The van der Waals surface area contributed by atoms with Crippen LogP contribution in [0, 0.1) is 0 Å². The molecule has 1 aromatic carbocycles. The van der Waals surface area contributed by atoms with Crippen molar-refractivity contribution >= 4 is 29.3 Å². The molecule has 32 heavy (non-hydrogen) atoms. The first kappa shape index (κ1) is 22.3. The van der Waals surface area contributed by atoms with Gasteiger partial charge < -0.3 is 15.5 Å². The van der Waals surface area contributed by atoms with Gasteiger partial charge in [-0.25, -0.2) is 0 Å². The number of carbonyl (C=O) groups is 3. The van der Waals surface area contributed by atoms with Crippen LogP contribution in [0.4, 0.5) is 0 Å². The second-order valence-electron chi connectivity index (χ2n) is 8.83. The summed E-state index contributed by atoms with van der Waals surface area (Å²) < 4.78 is 1.47. The van der Waals surface area contributed by atoms with Gasteiger partial charge >= 0.3 is 0 Å². The third-order valence-corrected chi connectivity index (χ3v) is 6.74. The fourth-order valence-corrected chi connectivity index (χ4v) is 4.56. The molecule has 4 rings (SSSR count). The lowest BCUT2D eigenvalue weighted by atomic mass is 9.92. The molecule has 170 valence electrons. The van der Waals surface area contributed by atoms with Gasteiger partial charge in [0.2, 0.25) is 5.91 Å². The number of benzene rings is 1. The van der Waals surface area contributed by atoms with Crippen LogP contribution in [0.1, 0.15) is 65.6 Å². The summed E-state index contributed by atoms with van der Waals surface area (Å²) in [5.74, 6) is -0.914. The maximum absolute atomic E-state index is 13.1. The first-order valence-corrected chi connectivity index (χ1v) is 11.4. The molecule has 1 fully saturated rings. The minimum Gasteiger partial charge on any atom is -0.351 e. The van der Waals surface area contributed by atoms with Gasteiger partial charge in [-0.2, -0.15) is 5.10 Å². The summed E-state index contributed by atoms with van der Waals surface area (Å²) in [7, 11) is 1.62. The summed E-state index contributed by atoms with van der Waals surface area (Å²) in [5.41, 5.74) is 0.212. The number of fused-ring (bicyclic) bond motifs is 1. The normalized spacial score (nSPS) is 21.2. The number of aromatic nitrogens is 2. The van der Waals surface area contributed by atoms with E-state index in [9.17, 15) is 14.4 Å². The van der Waals surface area contributed by atoms with Gasteiger partial charge in [0.1, 0.15) is 11.2 Å². The van der Waals surface area contributed by atoms with Crippen LogP contribution in [0.15, 0.2) is 30.3 Å². The number of amides is 3. The molecule has 2 aliphatic rings. The Hall–Kier alpha value is -2.87. The van der Waals surface area contributed by atoms with Crippen molar-refractivity contribution in [3.8, 4) is 0 Å². The molecule has 1 aliphatic carbocycles. The van der Waals surface area contributed by atoms with Crippen molar-refractivity contribution in [3.63, 3.8) is 0 Å². The number of halogens is 1. The lowest BCUT2D eigenvalue weighted by Crippen LogP contribution is -2.63. The maximum atomic E-state index is 13.1. The van der Waals surface area contributed by atoms with Gasteiger partial charge in [-0.15, -0.1) is 0 Å². The predicted octanol–water partition coefficient (Wildman–Crippen LogP) is 2.76. The molecule has 1 aliphatic heterocycles. The van der Waals surface area contributed by atoms with E-state index in [-0.39, 0.29) is 36.6 Å². The fraction of sp³-hybridized carbons (Fsp3) is 0.478. The summed E-state index contributed by atoms with van der Waals surface area (Å²) in [6, 6.07) is 8.83. The first-order valence-electron chi connectivity index (χ1n) is 11.0. The first-order chi connectivity index (χ1) is 15.3. The summed E-state index contributed by atoms with van der Waals surface area (Å²) >= 11 is 5.99. The van der Waals surface area contributed by atoms with E-state index in [1.165, 1.54) is 22.1 Å². The van der Waals surface area contributed by atoms with Crippen molar-refractivity contribution in [1.82, 2.24) is 25.3 Å². The molecule has 0 spiro atoms. The summed E-state index contributed by atoms with van der Waals surface area (Å²) in [5, 5.41) is 10.8. The van der Waals surface area contributed by atoms with Crippen LogP contribution >= 0.6 is 11.6 Å². The Balaban J connectivity index is 1.48. The van der Waals surface area contributed by atoms with Gasteiger partial charge in [-0.3, -0.25) is 19.1 Å². The molecule has 2 aromatic rings. The van der Waals surface area contributed by atoms with Crippen molar-refractivity contribution in [2.24, 2.45) is 0 Å². The van der Waals surface area contributed by atoms with Crippen LogP contribution in [0.25, 0.3) is 0 Å². The summed E-state index contributed by atoms with van der Waals surface area (Å²) in [6.07, 6.45) is 5.33. The van der Waals surface area contributed by atoms with E-state index in [4.69, 9.17) is 11.6 Å². The topological polar surface area (TPSA) is 96.3 Å². The molecule has 1 aromatic heterocycles. The molecule has 9 heteroatoms. The molecule has 0 bridgehead atoms. The minimum atomic E-state index is -1.08. The highest BCUT2D eigenvalue weighted by atomic mass is 35.5. The lowest BCUT2D eigenvalue weighted by molar-refractivity contribution is -0.133. The third kappa shape index (κ3) is 4.37. The smallest absolute Gasteiger partial charge is 0.272 e. The Kier molecular flexibility index (Phi) is 6.24. The van der Waals surface area contributed by atoms with Crippen LogP contribution in [-0.2, 0) is 17.9 Å². The standard InChI is InChI=1S/C23H28ClN5O3/c1-23(22(32)26-17-9-4-3-5-10-17)14-29-19(21(31)28(23)2)12-18(27-29)20(30)25-13-15-7-6-8-16(24)11-15/h6-8,11-12,17H,3-5,9-10,13-14H2,1-2H3,(H,25,30)(H,26,32). The summed E-state index contributed by atoms with van der Waals surface area (Å²) in [6.45, 7) is 2.22. The van der Waals surface area contributed by atoms with E-state index in [1.54, 1.807) is 26.1 Å². The number of likely N-dealkylation sites (N-methyl/N-ethyl adjacent to an activating group) is 1. The highest BCUT2D eigenvalue weighted by molar-refractivity contribution is 6.30. The van der Waals surface area contributed by atoms with Gasteiger partial charge in [0.25, 0.3) is 11.8 Å². The van der Waals surface area contributed by atoms with Gasteiger partial charge in [0.05, 0.1) is 6.54 Å². The average Bonchev–Trinajstić information content (AvgIpc) is 3.20. The van der Waals surface area contributed by atoms with E-state index in [0.717, 1.165) is 31.2 Å². The molecular formula is C23H28ClN5O3. The third-order valence-electron chi connectivity index (χ3n) is 6.51. The predicted molar refractivity (Wildman–Crippen MR) is 120 cm³/mol. The van der Waals surface area contributed by atoms with Crippen LogP contribution in [0.2, 0.25) is 5.02 Å². The number of nitrogens with zero attached hydrogens (tertiary/aromatic N) is 3. The van der Waals surface area contributed by atoms with Crippen molar-refractivity contribution in [1.29, 1.82) is 0 Å². The van der Waals surface area contributed by atoms with Gasteiger partial charge in [0.15, 0.2) is 5.69 Å². The molecule has 0 radical (unpaired) electrons. The monoisotopic (exact) mass is 457 g/mol. The largest absolute Gasteiger partial charge is 0.351 e.